The summed E-state index contributed by atoms with van der Waals surface area (Å²) in [6.07, 6.45) is 2.66. The van der Waals surface area contributed by atoms with Gasteiger partial charge in [-0.3, -0.25) is 4.90 Å². The van der Waals surface area contributed by atoms with Crippen molar-refractivity contribution in [1.82, 2.24) is 9.80 Å². The Morgan fingerprint density at radius 2 is 2.14 bits per heavy atom. The van der Waals surface area contributed by atoms with Crippen molar-refractivity contribution in [3.05, 3.63) is 0 Å². The molecule has 0 aromatic rings. The highest BCUT2D eigenvalue weighted by molar-refractivity contribution is 4.97. The Morgan fingerprint density at radius 1 is 1.21 bits per heavy atom. The highest BCUT2D eigenvalue weighted by Crippen LogP contribution is 2.32. The highest BCUT2D eigenvalue weighted by atomic mass is 16.5. The molecule has 3 rings (SSSR count). The predicted molar refractivity (Wildman–Crippen MR) is 55.3 cm³/mol. The summed E-state index contributed by atoms with van der Waals surface area (Å²) < 4.78 is 5.46. The van der Waals surface area contributed by atoms with E-state index in [4.69, 9.17) is 4.74 Å². The fraction of sp³-hybridized carbons (Fsp3) is 1.00. The first-order chi connectivity index (χ1) is 6.84. The first kappa shape index (κ1) is 9.13. The zero-order valence-electron chi connectivity index (χ0n) is 8.98. The third-order valence-electron chi connectivity index (χ3n) is 4.28. The van der Waals surface area contributed by atoms with Crippen LogP contribution < -0.4 is 0 Å². The van der Waals surface area contributed by atoms with Gasteiger partial charge >= 0.3 is 0 Å². The van der Waals surface area contributed by atoms with E-state index < -0.39 is 0 Å². The van der Waals surface area contributed by atoms with Gasteiger partial charge in [-0.25, -0.2) is 0 Å². The summed E-state index contributed by atoms with van der Waals surface area (Å²) in [5.74, 6) is 0.945. The number of fused-ring (bicyclic) bond motifs is 1. The van der Waals surface area contributed by atoms with Crippen LogP contribution in [0.3, 0.4) is 0 Å². The lowest BCUT2D eigenvalue weighted by Gasteiger charge is -2.24. The van der Waals surface area contributed by atoms with Gasteiger partial charge in [-0.1, -0.05) is 0 Å². The Balaban J connectivity index is 1.64. The van der Waals surface area contributed by atoms with E-state index in [1.165, 1.54) is 32.5 Å². The van der Waals surface area contributed by atoms with Gasteiger partial charge in [-0.2, -0.15) is 0 Å². The number of likely N-dealkylation sites (tertiary alicyclic amines) is 2. The van der Waals surface area contributed by atoms with Crippen LogP contribution in [0.5, 0.6) is 0 Å². The quantitative estimate of drug-likeness (QED) is 0.604. The van der Waals surface area contributed by atoms with Crippen LogP contribution in [0.4, 0.5) is 0 Å². The van der Waals surface area contributed by atoms with Crippen molar-refractivity contribution >= 4 is 0 Å². The van der Waals surface area contributed by atoms with E-state index in [9.17, 15) is 0 Å². The van der Waals surface area contributed by atoms with Gasteiger partial charge in [0.15, 0.2) is 0 Å². The van der Waals surface area contributed by atoms with Crippen molar-refractivity contribution in [1.29, 1.82) is 0 Å². The summed E-state index contributed by atoms with van der Waals surface area (Å²) in [5.41, 5.74) is 0. The van der Waals surface area contributed by atoms with Gasteiger partial charge in [0.05, 0.1) is 6.61 Å². The average Bonchev–Trinajstić information content (AvgIpc) is 2.83. The summed E-state index contributed by atoms with van der Waals surface area (Å²) in [7, 11) is 2.28. The number of ether oxygens (including phenoxy) is 1. The summed E-state index contributed by atoms with van der Waals surface area (Å²) in [5, 5.41) is 0. The van der Waals surface area contributed by atoms with Crippen LogP contribution in [0, 0.1) is 5.92 Å². The van der Waals surface area contributed by atoms with Crippen molar-refractivity contribution < 1.29 is 4.74 Å². The van der Waals surface area contributed by atoms with E-state index >= 15 is 0 Å². The maximum absolute atomic E-state index is 5.46. The molecule has 0 spiro atoms. The zero-order chi connectivity index (χ0) is 9.54. The first-order valence-corrected chi connectivity index (χ1v) is 5.86. The molecular formula is C11H20N2O. The fourth-order valence-electron chi connectivity index (χ4n) is 3.31. The topological polar surface area (TPSA) is 15.7 Å². The molecule has 0 amide bonds. The van der Waals surface area contributed by atoms with E-state index in [1.807, 2.05) is 0 Å². The smallest absolute Gasteiger partial charge is 0.0622 e. The van der Waals surface area contributed by atoms with Crippen molar-refractivity contribution in [2.24, 2.45) is 5.92 Å². The minimum Gasteiger partial charge on any atom is -0.380 e. The number of likely N-dealkylation sites (N-methyl/N-ethyl adjacent to an activating group) is 1. The molecule has 0 N–H and O–H groups in total. The molecule has 3 heterocycles. The molecule has 0 radical (unpaired) electrons. The zero-order valence-corrected chi connectivity index (χ0v) is 8.98. The summed E-state index contributed by atoms with van der Waals surface area (Å²) in [6, 6.07) is 1.57. The van der Waals surface area contributed by atoms with E-state index in [-0.39, 0.29) is 0 Å². The Kier molecular flexibility index (Phi) is 2.26. The number of rotatable bonds is 1. The molecule has 3 fully saturated rings. The molecule has 0 bridgehead atoms. The molecule has 0 aliphatic carbocycles. The first-order valence-electron chi connectivity index (χ1n) is 5.86. The van der Waals surface area contributed by atoms with Crippen molar-refractivity contribution in [3.8, 4) is 0 Å². The van der Waals surface area contributed by atoms with E-state index in [1.54, 1.807) is 0 Å². The van der Waals surface area contributed by atoms with E-state index in [0.29, 0.717) is 0 Å². The van der Waals surface area contributed by atoms with Crippen LogP contribution in [0.2, 0.25) is 0 Å². The largest absolute Gasteiger partial charge is 0.380 e. The third kappa shape index (κ3) is 1.38. The highest BCUT2D eigenvalue weighted by Gasteiger charge is 2.42. The number of hydrogen-bond donors (Lipinski definition) is 0. The molecule has 3 aliphatic rings. The second-order valence-electron chi connectivity index (χ2n) is 5.07. The third-order valence-corrected chi connectivity index (χ3v) is 4.28. The molecule has 3 aliphatic heterocycles. The van der Waals surface area contributed by atoms with Gasteiger partial charge in [0.1, 0.15) is 0 Å². The second-order valence-corrected chi connectivity index (χ2v) is 5.07. The molecule has 80 valence electrons. The summed E-state index contributed by atoms with van der Waals surface area (Å²) >= 11 is 0. The molecule has 3 heteroatoms. The fourth-order valence-corrected chi connectivity index (χ4v) is 3.31. The number of hydrogen-bond acceptors (Lipinski definition) is 3. The van der Waals surface area contributed by atoms with Crippen molar-refractivity contribution in [2.75, 3.05) is 39.9 Å². The Bertz CT molecular complexity index is 215. The van der Waals surface area contributed by atoms with Gasteiger partial charge in [-0.05, 0) is 32.4 Å². The predicted octanol–water partition coefficient (Wildman–Crippen LogP) is 0.411. The van der Waals surface area contributed by atoms with Gasteiger partial charge in [-0.15, -0.1) is 0 Å². The van der Waals surface area contributed by atoms with Crippen LogP contribution in [0.15, 0.2) is 0 Å². The molecule has 3 nitrogen and oxygen atoms in total. The molecule has 3 saturated heterocycles. The monoisotopic (exact) mass is 196 g/mol. The second kappa shape index (κ2) is 3.47. The maximum Gasteiger partial charge on any atom is 0.0622 e. The van der Waals surface area contributed by atoms with Crippen molar-refractivity contribution in [3.63, 3.8) is 0 Å². The van der Waals surface area contributed by atoms with Crippen LogP contribution in [-0.2, 0) is 4.74 Å². The molecule has 0 aromatic carbocycles. The Morgan fingerprint density at radius 3 is 2.86 bits per heavy atom. The molecule has 0 aromatic heterocycles. The Hall–Kier alpha value is -0.120. The SMILES string of the molecule is CN1CCC2CN(C3CCOC3)CC21. The van der Waals surface area contributed by atoms with Gasteiger partial charge in [0.2, 0.25) is 0 Å². The average molecular weight is 196 g/mol. The van der Waals surface area contributed by atoms with E-state index in [0.717, 1.165) is 31.2 Å². The van der Waals surface area contributed by atoms with Crippen LogP contribution in [0.1, 0.15) is 12.8 Å². The minimum atomic E-state index is 0.731. The van der Waals surface area contributed by atoms with Crippen LogP contribution in [-0.4, -0.2) is 61.8 Å². The summed E-state index contributed by atoms with van der Waals surface area (Å²) in [6.45, 7) is 5.87. The summed E-state index contributed by atoms with van der Waals surface area (Å²) in [4.78, 5) is 5.21. The lowest BCUT2D eigenvalue weighted by atomic mass is 10.1. The molecule has 3 unspecified atom stereocenters. The molecule has 3 atom stereocenters. The molecular weight excluding hydrogens is 176 g/mol. The van der Waals surface area contributed by atoms with Gasteiger partial charge < -0.3 is 9.64 Å². The lowest BCUT2D eigenvalue weighted by Crippen LogP contribution is -2.37. The minimum absolute atomic E-state index is 0.731. The number of nitrogens with zero attached hydrogens (tertiary/aromatic N) is 2. The van der Waals surface area contributed by atoms with Crippen molar-refractivity contribution in [2.45, 2.75) is 24.9 Å². The standard InChI is InChI=1S/C11H20N2O/c1-12-4-2-9-6-13(7-11(9)12)10-3-5-14-8-10/h9-11H,2-8H2,1H3. The van der Waals surface area contributed by atoms with Crippen LogP contribution in [0.25, 0.3) is 0 Å². The van der Waals surface area contributed by atoms with E-state index in [2.05, 4.69) is 16.8 Å². The normalized spacial score (nSPS) is 44.8. The Labute approximate surface area is 86.0 Å². The maximum atomic E-state index is 5.46. The molecule has 14 heavy (non-hydrogen) atoms. The van der Waals surface area contributed by atoms with Gasteiger partial charge in [0.25, 0.3) is 0 Å². The van der Waals surface area contributed by atoms with Crippen LogP contribution >= 0.6 is 0 Å². The lowest BCUT2D eigenvalue weighted by molar-refractivity contribution is 0.150. The van der Waals surface area contributed by atoms with Gasteiger partial charge in [0, 0.05) is 31.8 Å². The molecule has 0 saturated carbocycles.